The highest BCUT2D eigenvalue weighted by atomic mass is 19.1. The number of nitrogens with one attached hydrogen (secondary N) is 1. The normalized spacial score (nSPS) is 21.8. The monoisotopic (exact) mass is 278 g/mol. The zero-order valence-electron chi connectivity index (χ0n) is 13.1. The van der Waals surface area contributed by atoms with E-state index in [1.54, 1.807) is 6.07 Å². The molecule has 2 nitrogen and oxygen atoms in total. The van der Waals surface area contributed by atoms with Gasteiger partial charge in [0.05, 0.1) is 0 Å². The van der Waals surface area contributed by atoms with Crippen molar-refractivity contribution in [2.24, 2.45) is 11.8 Å². The highest BCUT2D eigenvalue weighted by Crippen LogP contribution is 2.38. The fourth-order valence-corrected chi connectivity index (χ4v) is 2.59. The van der Waals surface area contributed by atoms with Crippen LogP contribution in [0.4, 0.5) is 4.39 Å². The summed E-state index contributed by atoms with van der Waals surface area (Å²) in [5.41, 5.74) is 1.96. The van der Waals surface area contributed by atoms with Crippen molar-refractivity contribution in [3.63, 3.8) is 0 Å². The topological polar surface area (TPSA) is 15.3 Å². The Morgan fingerprint density at radius 3 is 2.70 bits per heavy atom. The highest BCUT2D eigenvalue weighted by molar-refractivity contribution is 5.25. The third kappa shape index (κ3) is 4.57. The molecule has 1 N–H and O–H groups in total. The Balaban J connectivity index is 1.93. The zero-order chi connectivity index (χ0) is 14.7. The van der Waals surface area contributed by atoms with Gasteiger partial charge < -0.3 is 10.2 Å². The molecule has 0 aliphatic heterocycles. The van der Waals surface area contributed by atoms with Crippen LogP contribution >= 0.6 is 0 Å². The van der Waals surface area contributed by atoms with Gasteiger partial charge in [0, 0.05) is 31.2 Å². The summed E-state index contributed by atoms with van der Waals surface area (Å²) >= 11 is 0. The average Bonchev–Trinajstić information content (AvgIpc) is 3.05. The molecule has 0 radical (unpaired) electrons. The predicted octanol–water partition coefficient (Wildman–Crippen LogP) is 3.41. The number of hydrogen-bond donors (Lipinski definition) is 1. The fourth-order valence-electron chi connectivity index (χ4n) is 2.59. The van der Waals surface area contributed by atoms with Gasteiger partial charge in [-0.2, -0.15) is 0 Å². The first kappa shape index (κ1) is 15.5. The van der Waals surface area contributed by atoms with Crippen LogP contribution in [0.5, 0.6) is 0 Å². The summed E-state index contributed by atoms with van der Waals surface area (Å²) < 4.78 is 13.9. The maximum atomic E-state index is 13.9. The van der Waals surface area contributed by atoms with Crippen molar-refractivity contribution in [1.29, 1.82) is 0 Å². The Bertz CT molecular complexity index is 445. The molecule has 2 rings (SSSR count). The molecule has 0 saturated heterocycles. The lowest BCUT2D eigenvalue weighted by Gasteiger charge is -2.18. The molecule has 0 heterocycles. The van der Waals surface area contributed by atoms with E-state index in [1.807, 2.05) is 12.1 Å². The minimum Gasteiger partial charge on any atom is -0.310 e. The van der Waals surface area contributed by atoms with E-state index in [1.165, 1.54) is 6.42 Å². The zero-order valence-corrected chi connectivity index (χ0v) is 13.1. The Morgan fingerprint density at radius 1 is 1.40 bits per heavy atom. The quantitative estimate of drug-likeness (QED) is 0.822. The van der Waals surface area contributed by atoms with Crippen molar-refractivity contribution in [2.45, 2.75) is 46.3 Å². The van der Waals surface area contributed by atoms with E-state index in [2.05, 4.69) is 38.0 Å². The fraction of sp³-hybridized carbons (Fsp3) is 0.647. The first-order chi connectivity index (χ1) is 9.45. The van der Waals surface area contributed by atoms with Crippen molar-refractivity contribution in [3.05, 3.63) is 35.1 Å². The van der Waals surface area contributed by atoms with Gasteiger partial charge in [0.1, 0.15) is 5.82 Å². The van der Waals surface area contributed by atoms with Gasteiger partial charge in [-0.25, -0.2) is 4.39 Å². The molecule has 2 unspecified atom stereocenters. The minimum absolute atomic E-state index is 0.0889. The van der Waals surface area contributed by atoms with Gasteiger partial charge in [-0.15, -0.1) is 0 Å². The van der Waals surface area contributed by atoms with E-state index in [0.29, 0.717) is 12.6 Å². The predicted molar refractivity (Wildman–Crippen MR) is 82.0 cm³/mol. The number of rotatable bonds is 7. The Hall–Kier alpha value is -0.930. The Labute approximate surface area is 122 Å². The summed E-state index contributed by atoms with van der Waals surface area (Å²) in [6, 6.07) is 5.91. The van der Waals surface area contributed by atoms with Gasteiger partial charge >= 0.3 is 0 Å². The third-order valence-electron chi connectivity index (χ3n) is 4.09. The Morgan fingerprint density at radius 2 is 2.10 bits per heavy atom. The van der Waals surface area contributed by atoms with Crippen LogP contribution in [0, 0.1) is 17.7 Å². The molecule has 20 heavy (non-hydrogen) atoms. The Kier molecular flexibility index (Phi) is 5.17. The van der Waals surface area contributed by atoms with Gasteiger partial charge in [-0.05, 0) is 36.9 Å². The van der Waals surface area contributed by atoms with Gasteiger partial charge in [-0.1, -0.05) is 32.9 Å². The highest BCUT2D eigenvalue weighted by Gasteiger charge is 2.33. The van der Waals surface area contributed by atoms with Crippen LogP contribution in [0.1, 0.15) is 38.3 Å². The molecule has 3 heteroatoms. The summed E-state index contributed by atoms with van der Waals surface area (Å²) in [7, 11) is 2.09. The second kappa shape index (κ2) is 6.68. The summed E-state index contributed by atoms with van der Waals surface area (Å²) in [5.74, 6) is 1.58. The van der Waals surface area contributed by atoms with Crippen LogP contribution in [-0.4, -0.2) is 24.5 Å². The van der Waals surface area contributed by atoms with Gasteiger partial charge in [0.15, 0.2) is 0 Å². The van der Waals surface area contributed by atoms with Crippen molar-refractivity contribution in [3.8, 4) is 0 Å². The largest absolute Gasteiger partial charge is 0.310 e. The lowest BCUT2D eigenvalue weighted by Crippen LogP contribution is -2.23. The molecule has 0 aromatic heterocycles. The van der Waals surface area contributed by atoms with E-state index < -0.39 is 0 Å². The van der Waals surface area contributed by atoms with Crippen LogP contribution in [0.2, 0.25) is 0 Å². The SMILES string of the molecule is CC(C)NCc1ccc(F)c(CN(C)CC2CC2C)c1. The van der Waals surface area contributed by atoms with Crippen molar-refractivity contribution in [2.75, 3.05) is 13.6 Å². The number of benzene rings is 1. The summed E-state index contributed by atoms with van der Waals surface area (Å²) in [6.07, 6.45) is 1.32. The van der Waals surface area contributed by atoms with Crippen molar-refractivity contribution in [1.82, 2.24) is 10.2 Å². The maximum absolute atomic E-state index is 13.9. The van der Waals surface area contributed by atoms with E-state index in [-0.39, 0.29) is 5.82 Å². The van der Waals surface area contributed by atoms with E-state index in [0.717, 1.165) is 36.1 Å². The van der Waals surface area contributed by atoms with E-state index in [9.17, 15) is 4.39 Å². The van der Waals surface area contributed by atoms with E-state index in [4.69, 9.17) is 0 Å². The molecule has 2 atom stereocenters. The van der Waals surface area contributed by atoms with Crippen LogP contribution < -0.4 is 5.32 Å². The third-order valence-corrected chi connectivity index (χ3v) is 4.09. The van der Waals surface area contributed by atoms with Gasteiger partial charge in [-0.3, -0.25) is 0 Å². The van der Waals surface area contributed by atoms with Crippen molar-refractivity contribution < 1.29 is 4.39 Å². The molecule has 1 saturated carbocycles. The molecule has 1 aliphatic carbocycles. The van der Waals surface area contributed by atoms with E-state index >= 15 is 0 Å². The van der Waals surface area contributed by atoms with Gasteiger partial charge in [0.2, 0.25) is 0 Å². The lowest BCUT2D eigenvalue weighted by molar-refractivity contribution is 0.302. The molecule has 112 valence electrons. The first-order valence-corrected chi connectivity index (χ1v) is 7.65. The summed E-state index contributed by atoms with van der Waals surface area (Å²) in [6.45, 7) is 9.11. The molecule has 1 aliphatic rings. The molecule has 0 amide bonds. The maximum Gasteiger partial charge on any atom is 0.127 e. The standard InChI is InChI=1S/C17H27FN2/c1-12(2)19-9-14-5-6-17(18)16(8-14)11-20(4)10-15-7-13(15)3/h5-6,8,12-13,15,19H,7,9-11H2,1-4H3. The average molecular weight is 278 g/mol. The second-order valence-electron chi connectivity index (χ2n) is 6.63. The van der Waals surface area contributed by atoms with Crippen molar-refractivity contribution >= 4 is 0 Å². The number of nitrogens with zero attached hydrogens (tertiary/aromatic N) is 1. The smallest absolute Gasteiger partial charge is 0.127 e. The first-order valence-electron chi connectivity index (χ1n) is 7.65. The van der Waals surface area contributed by atoms with Crippen LogP contribution in [0.25, 0.3) is 0 Å². The molecule has 1 fully saturated rings. The van der Waals surface area contributed by atoms with Crippen LogP contribution in [0.3, 0.4) is 0 Å². The molecule has 1 aromatic rings. The molecular weight excluding hydrogens is 251 g/mol. The molecule has 0 spiro atoms. The number of hydrogen-bond acceptors (Lipinski definition) is 2. The summed E-state index contributed by atoms with van der Waals surface area (Å²) in [5, 5.41) is 3.37. The molecular formula is C17H27FN2. The second-order valence-corrected chi connectivity index (χ2v) is 6.63. The lowest BCUT2D eigenvalue weighted by atomic mass is 10.1. The van der Waals surface area contributed by atoms with Crippen LogP contribution in [0.15, 0.2) is 18.2 Å². The van der Waals surface area contributed by atoms with Gasteiger partial charge in [0.25, 0.3) is 0 Å². The molecule has 1 aromatic carbocycles. The minimum atomic E-state index is -0.0889. The summed E-state index contributed by atoms with van der Waals surface area (Å²) in [4.78, 5) is 2.24. The van der Waals surface area contributed by atoms with Crippen LogP contribution in [-0.2, 0) is 13.1 Å². The molecule has 0 bridgehead atoms. The number of halogens is 1.